The number of likely N-dealkylation sites (N-methyl/N-ethyl adjacent to an activating group) is 1. The molecule has 1 heterocycles. The number of nitrogens with zero attached hydrogens (tertiary/aromatic N) is 2. The lowest BCUT2D eigenvalue weighted by atomic mass is 10.4. The smallest absolute Gasteiger partial charge is 0.255 e. The lowest BCUT2D eigenvalue weighted by molar-refractivity contribution is -0.121. The summed E-state index contributed by atoms with van der Waals surface area (Å²) >= 11 is 7.25. The van der Waals surface area contributed by atoms with Crippen LogP contribution in [0.1, 0.15) is 5.56 Å². The number of rotatable bonds is 6. The molecule has 1 N–H and O–H groups in total. The molecule has 1 aromatic heterocycles. The largest absolute Gasteiger partial charge is 0.272 e. The number of sulfonamides is 1. The van der Waals surface area contributed by atoms with E-state index in [1.807, 2.05) is 16.8 Å². The van der Waals surface area contributed by atoms with Crippen molar-refractivity contribution in [2.24, 2.45) is 5.10 Å². The van der Waals surface area contributed by atoms with Crippen molar-refractivity contribution in [1.82, 2.24) is 9.73 Å². The first-order valence-corrected chi connectivity index (χ1v) is 9.21. The van der Waals surface area contributed by atoms with Crippen molar-refractivity contribution in [3.8, 4) is 0 Å². The Kier molecular flexibility index (Phi) is 5.89. The molecule has 0 fully saturated rings. The van der Waals surface area contributed by atoms with Gasteiger partial charge in [-0.2, -0.15) is 20.7 Å². The van der Waals surface area contributed by atoms with Crippen molar-refractivity contribution < 1.29 is 13.2 Å². The minimum atomic E-state index is -3.76. The average Bonchev–Trinajstić information content (AvgIpc) is 3.01. The molecular formula is C14H14ClN3O3S2. The van der Waals surface area contributed by atoms with Gasteiger partial charge in [0.2, 0.25) is 10.0 Å². The van der Waals surface area contributed by atoms with E-state index in [0.29, 0.717) is 5.02 Å². The zero-order chi connectivity index (χ0) is 16.9. The first-order chi connectivity index (χ1) is 10.9. The first-order valence-electron chi connectivity index (χ1n) is 6.45. The third-order valence-electron chi connectivity index (χ3n) is 2.83. The molecule has 0 atom stereocenters. The van der Waals surface area contributed by atoms with E-state index >= 15 is 0 Å². The topological polar surface area (TPSA) is 78.8 Å². The monoisotopic (exact) mass is 371 g/mol. The minimum Gasteiger partial charge on any atom is -0.272 e. The number of nitrogens with one attached hydrogen (secondary N) is 1. The zero-order valence-electron chi connectivity index (χ0n) is 12.1. The molecule has 0 spiro atoms. The summed E-state index contributed by atoms with van der Waals surface area (Å²) in [6.45, 7) is -0.341. The zero-order valence-corrected chi connectivity index (χ0v) is 14.5. The van der Waals surface area contributed by atoms with Gasteiger partial charge in [0.1, 0.15) is 0 Å². The van der Waals surface area contributed by atoms with Gasteiger partial charge in [-0.25, -0.2) is 13.8 Å². The highest BCUT2D eigenvalue weighted by atomic mass is 35.5. The number of carbonyl (C=O) groups is 1. The quantitative estimate of drug-likeness (QED) is 0.624. The molecule has 0 saturated carbocycles. The molecule has 6 nitrogen and oxygen atoms in total. The summed E-state index contributed by atoms with van der Waals surface area (Å²) in [6, 6.07) is 7.58. The van der Waals surface area contributed by atoms with Crippen LogP contribution in [0.3, 0.4) is 0 Å². The fraction of sp³-hybridized carbons (Fsp3) is 0.143. The Balaban J connectivity index is 1.96. The van der Waals surface area contributed by atoms with E-state index in [0.717, 1.165) is 9.87 Å². The Morgan fingerprint density at radius 2 is 2.04 bits per heavy atom. The van der Waals surface area contributed by atoms with Crippen LogP contribution in [0.5, 0.6) is 0 Å². The highest BCUT2D eigenvalue weighted by Gasteiger charge is 2.22. The Bertz CT molecular complexity index is 787. The number of thiophene rings is 1. The van der Waals surface area contributed by atoms with Crippen LogP contribution in [0, 0.1) is 0 Å². The standard InChI is InChI=1S/C14H14ClN3O3S2/c1-18(23(20,21)13-4-2-12(15)3-5-13)9-14(19)17-16-8-11-6-7-22-10-11/h2-8,10H,9H2,1H3,(H,17,19)/b16-8-. The molecule has 0 bridgehead atoms. The predicted molar refractivity (Wildman–Crippen MR) is 91.3 cm³/mol. The van der Waals surface area contributed by atoms with Crippen LogP contribution < -0.4 is 5.43 Å². The summed E-state index contributed by atoms with van der Waals surface area (Å²) in [7, 11) is -2.43. The molecule has 1 aromatic carbocycles. The van der Waals surface area contributed by atoms with Crippen molar-refractivity contribution in [2.75, 3.05) is 13.6 Å². The number of carbonyl (C=O) groups excluding carboxylic acids is 1. The summed E-state index contributed by atoms with van der Waals surface area (Å²) < 4.78 is 25.6. The molecule has 0 aliphatic carbocycles. The van der Waals surface area contributed by atoms with Gasteiger partial charge in [-0.15, -0.1) is 0 Å². The predicted octanol–water partition coefficient (Wildman–Crippen LogP) is 2.17. The molecule has 122 valence electrons. The lowest BCUT2D eigenvalue weighted by Gasteiger charge is -2.16. The summed E-state index contributed by atoms with van der Waals surface area (Å²) in [6.07, 6.45) is 1.49. The van der Waals surface area contributed by atoms with Crippen LogP contribution in [0.15, 0.2) is 51.1 Å². The van der Waals surface area contributed by atoms with Crippen LogP contribution >= 0.6 is 22.9 Å². The molecule has 0 aliphatic heterocycles. The van der Waals surface area contributed by atoms with E-state index in [4.69, 9.17) is 11.6 Å². The molecule has 9 heteroatoms. The normalized spacial score (nSPS) is 12.0. The Morgan fingerprint density at radius 1 is 1.35 bits per heavy atom. The number of hydrogen-bond donors (Lipinski definition) is 1. The van der Waals surface area contributed by atoms with Crippen LogP contribution in [-0.2, 0) is 14.8 Å². The summed E-state index contributed by atoms with van der Waals surface area (Å²) in [4.78, 5) is 11.8. The van der Waals surface area contributed by atoms with Gasteiger partial charge < -0.3 is 0 Å². The first kappa shape index (κ1) is 17.6. The Labute approximate surface area is 143 Å². The van der Waals surface area contributed by atoms with Crippen molar-refractivity contribution in [3.05, 3.63) is 51.7 Å². The van der Waals surface area contributed by atoms with E-state index in [2.05, 4.69) is 10.5 Å². The average molecular weight is 372 g/mol. The van der Waals surface area contributed by atoms with Crippen LogP contribution in [0.2, 0.25) is 5.02 Å². The van der Waals surface area contributed by atoms with E-state index in [9.17, 15) is 13.2 Å². The van der Waals surface area contributed by atoms with Gasteiger partial charge in [0.25, 0.3) is 5.91 Å². The van der Waals surface area contributed by atoms with Crippen LogP contribution in [0.4, 0.5) is 0 Å². The second kappa shape index (κ2) is 7.69. The lowest BCUT2D eigenvalue weighted by Crippen LogP contribution is -2.36. The van der Waals surface area contributed by atoms with E-state index in [-0.39, 0.29) is 11.4 Å². The molecule has 0 radical (unpaired) electrons. The molecule has 2 rings (SSSR count). The van der Waals surface area contributed by atoms with Gasteiger partial charge in [0.15, 0.2) is 0 Å². The summed E-state index contributed by atoms with van der Waals surface area (Å²) in [5, 5.41) is 7.97. The number of hydrogen-bond acceptors (Lipinski definition) is 5. The number of benzene rings is 1. The summed E-state index contributed by atoms with van der Waals surface area (Å²) in [5.41, 5.74) is 3.15. The van der Waals surface area contributed by atoms with Gasteiger partial charge >= 0.3 is 0 Å². The maximum Gasteiger partial charge on any atom is 0.255 e. The fourth-order valence-corrected chi connectivity index (χ4v) is 3.50. The maximum absolute atomic E-state index is 12.3. The number of halogens is 1. The van der Waals surface area contributed by atoms with Crippen LogP contribution in [0.25, 0.3) is 0 Å². The van der Waals surface area contributed by atoms with Crippen LogP contribution in [-0.4, -0.2) is 38.4 Å². The van der Waals surface area contributed by atoms with Gasteiger partial charge in [-0.3, -0.25) is 4.79 Å². The molecule has 0 unspecified atom stereocenters. The van der Waals surface area contributed by atoms with E-state index in [1.165, 1.54) is 48.9 Å². The second-order valence-corrected chi connectivity index (χ2v) is 7.83. The van der Waals surface area contributed by atoms with Gasteiger partial charge in [-0.05, 0) is 41.1 Å². The number of amides is 1. The van der Waals surface area contributed by atoms with Gasteiger partial charge in [0, 0.05) is 17.6 Å². The minimum absolute atomic E-state index is 0.0685. The fourth-order valence-electron chi connectivity index (χ4n) is 1.64. The van der Waals surface area contributed by atoms with E-state index in [1.54, 1.807) is 0 Å². The summed E-state index contributed by atoms with van der Waals surface area (Å²) in [5.74, 6) is -0.531. The second-order valence-electron chi connectivity index (χ2n) is 4.56. The van der Waals surface area contributed by atoms with Crippen molar-refractivity contribution in [2.45, 2.75) is 4.90 Å². The SMILES string of the molecule is CN(CC(=O)N/N=C\c1ccsc1)S(=O)(=O)c1ccc(Cl)cc1. The Hall–Kier alpha value is -1.74. The molecule has 2 aromatic rings. The maximum atomic E-state index is 12.3. The van der Waals surface area contributed by atoms with Crippen molar-refractivity contribution >= 4 is 45.1 Å². The third-order valence-corrected chi connectivity index (χ3v) is 5.61. The highest BCUT2D eigenvalue weighted by Crippen LogP contribution is 2.17. The Morgan fingerprint density at radius 3 is 2.65 bits per heavy atom. The third kappa shape index (κ3) is 4.87. The van der Waals surface area contributed by atoms with Gasteiger partial charge in [-0.1, -0.05) is 11.6 Å². The number of hydrazone groups is 1. The van der Waals surface area contributed by atoms with Crippen molar-refractivity contribution in [3.63, 3.8) is 0 Å². The molecule has 0 saturated heterocycles. The molecular weight excluding hydrogens is 358 g/mol. The molecule has 1 amide bonds. The molecule has 0 aliphatic rings. The van der Waals surface area contributed by atoms with Gasteiger partial charge in [0.05, 0.1) is 17.7 Å². The van der Waals surface area contributed by atoms with E-state index < -0.39 is 15.9 Å². The highest BCUT2D eigenvalue weighted by molar-refractivity contribution is 7.89. The molecule has 23 heavy (non-hydrogen) atoms. The van der Waals surface area contributed by atoms with Crippen molar-refractivity contribution in [1.29, 1.82) is 0 Å².